The molecule has 0 unspecified atom stereocenters. The first-order valence-corrected chi connectivity index (χ1v) is 25.1. The number of hydrogen-bond acceptors (Lipinski definition) is 14. The number of para-hydroxylation sites is 1. The molecule has 0 aliphatic heterocycles. The number of aromatic amines is 1. The molecule has 0 fully saturated rings. The summed E-state index contributed by atoms with van der Waals surface area (Å²) in [6.45, 7) is 2.70. The number of hydrogen-bond donors (Lipinski definition) is 14. The molecular weight excluding hydrogens is 979 g/mol. The predicted octanol–water partition coefficient (Wildman–Crippen LogP) is -1.51. The highest BCUT2D eigenvalue weighted by Crippen LogP contribution is 2.21. The van der Waals surface area contributed by atoms with E-state index in [4.69, 9.17) is 17.2 Å². The van der Waals surface area contributed by atoms with Gasteiger partial charge in [-0.2, -0.15) is 25.3 Å². The standard InChI is InChI=1S/C50H69N11O10S2/c1-28(62)41(43(53)64)59-47(68)39(27-73)58-49(70)42(29(2)63)60-48(69)40(20-12-13-21-51)61(3)50(71)37(24-32-25-54-35-19-11-10-18-33(32)35)56-45(66)36(23-31-16-8-5-9-17-31)55-46(67)38(26-72)57-44(65)34(52)22-30-14-6-4-7-15-30/h4-11,14-19,25,28-29,34,36-42,54,62-63,72-73H,12-13,20-24,26-27,51-52H2,1-3H3,(H2,53,64)(H,55,67)(H,56,66)(H,57,65)(H,58,70)(H,59,68)(H,60,69)/t28-,29-,34-,36+,37-,38+,39+,40+,41+,42+/m1/s1. The van der Waals surface area contributed by atoms with Gasteiger partial charge >= 0.3 is 0 Å². The van der Waals surface area contributed by atoms with Crippen molar-refractivity contribution < 1.29 is 48.6 Å². The fourth-order valence-corrected chi connectivity index (χ4v) is 8.45. The second-order valence-corrected chi connectivity index (χ2v) is 18.5. The molecule has 3 aromatic carbocycles. The first-order chi connectivity index (χ1) is 34.8. The molecule has 0 saturated carbocycles. The third-order valence-corrected chi connectivity index (χ3v) is 12.8. The van der Waals surface area contributed by atoms with Gasteiger partial charge in [-0.3, -0.25) is 38.4 Å². The molecule has 0 aliphatic carbocycles. The molecule has 8 amide bonds. The molecule has 10 atom stereocenters. The molecule has 4 aromatic rings. The summed E-state index contributed by atoms with van der Waals surface area (Å²) in [5.41, 5.74) is 20.2. The van der Waals surface area contributed by atoms with E-state index in [0.29, 0.717) is 24.0 Å². The molecule has 15 N–H and O–H groups in total. The van der Waals surface area contributed by atoms with Crippen molar-refractivity contribution in [2.75, 3.05) is 25.1 Å². The average Bonchev–Trinajstić information content (AvgIpc) is 3.78. The number of thiol groups is 2. The summed E-state index contributed by atoms with van der Waals surface area (Å²) in [6.07, 6.45) is -0.409. The van der Waals surface area contributed by atoms with Crippen LogP contribution in [0.3, 0.4) is 0 Å². The van der Waals surface area contributed by atoms with Crippen LogP contribution < -0.4 is 49.1 Å². The highest BCUT2D eigenvalue weighted by Gasteiger charge is 2.38. The van der Waals surface area contributed by atoms with E-state index in [9.17, 15) is 48.6 Å². The van der Waals surface area contributed by atoms with Gasteiger partial charge in [-0.05, 0) is 68.8 Å². The monoisotopic (exact) mass is 1050 g/mol. The smallest absolute Gasteiger partial charge is 0.245 e. The topological polar surface area (TPSA) is 346 Å². The Morgan fingerprint density at radius 2 is 1.10 bits per heavy atom. The number of aromatic nitrogens is 1. The summed E-state index contributed by atoms with van der Waals surface area (Å²) in [6, 6.07) is 14.3. The number of likely N-dealkylation sites (N-methyl/N-ethyl adjacent to an activating group) is 1. The van der Waals surface area contributed by atoms with Gasteiger partial charge in [-0.1, -0.05) is 78.9 Å². The van der Waals surface area contributed by atoms with Crippen LogP contribution in [0.5, 0.6) is 0 Å². The lowest BCUT2D eigenvalue weighted by Gasteiger charge is -2.33. The Balaban J connectivity index is 1.64. The lowest BCUT2D eigenvalue weighted by atomic mass is 10.00. The number of carbonyl (C=O) groups excluding carboxylic acids is 8. The van der Waals surface area contributed by atoms with E-state index in [1.807, 2.05) is 54.6 Å². The van der Waals surface area contributed by atoms with Crippen LogP contribution >= 0.6 is 25.3 Å². The third-order valence-electron chi connectivity index (χ3n) is 12.1. The summed E-state index contributed by atoms with van der Waals surface area (Å²) >= 11 is 8.46. The van der Waals surface area contributed by atoms with Gasteiger partial charge in [0.15, 0.2) is 0 Å². The third kappa shape index (κ3) is 17.6. The molecule has 21 nitrogen and oxygen atoms in total. The van der Waals surface area contributed by atoms with Crippen LogP contribution in [-0.2, 0) is 57.6 Å². The Labute approximate surface area is 435 Å². The zero-order chi connectivity index (χ0) is 53.8. The molecule has 0 bridgehead atoms. The molecule has 4 rings (SSSR count). The average molecular weight is 1050 g/mol. The van der Waals surface area contributed by atoms with E-state index in [2.05, 4.69) is 62.1 Å². The Morgan fingerprint density at radius 1 is 0.603 bits per heavy atom. The number of aliphatic hydroxyl groups excluding tert-OH is 2. The lowest BCUT2D eigenvalue weighted by molar-refractivity contribution is -0.144. The number of carbonyl (C=O) groups is 8. The second-order valence-electron chi connectivity index (χ2n) is 17.8. The number of nitrogens with one attached hydrogen (secondary N) is 7. The number of primary amides is 1. The molecule has 0 saturated heterocycles. The van der Waals surface area contributed by atoms with Crippen LogP contribution in [-0.4, -0.2) is 153 Å². The number of H-pyrrole nitrogens is 1. The molecule has 73 heavy (non-hydrogen) atoms. The van der Waals surface area contributed by atoms with Crippen LogP contribution in [0.4, 0.5) is 0 Å². The van der Waals surface area contributed by atoms with Crippen molar-refractivity contribution >= 4 is 83.4 Å². The largest absolute Gasteiger partial charge is 0.391 e. The number of fused-ring (bicyclic) bond motifs is 1. The van der Waals surface area contributed by atoms with Gasteiger partial charge in [-0.15, -0.1) is 0 Å². The van der Waals surface area contributed by atoms with Crippen molar-refractivity contribution in [2.45, 2.75) is 113 Å². The molecule has 0 radical (unpaired) electrons. The van der Waals surface area contributed by atoms with Gasteiger partial charge in [0.05, 0.1) is 18.2 Å². The van der Waals surface area contributed by atoms with Crippen molar-refractivity contribution in [1.29, 1.82) is 0 Å². The van der Waals surface area contributed by atoms with Crippen LogP contribution in [0.1, 0.15) is 49.8 Å². The summed E-state index contributed by atoms with van der Waals surface area (Å²) in [5.74, 6) is -7.20. The molecule has 0 aliphatic rings. The van der Waals surface area contributed by atoms with E-state index in [-0.39, 0.29) is 43.7 Å². The van der Waals surface area contributed by atoms with Crippen molar-refractivity contribution in [1.82, 2.24) is 41.8 Å². The maximum absolute atomic E-state index is 15.0. The normalized spacial score (nSPS) is 15.4. The SMILES string of the molecule is C[C@@H](O)[C@H](NC(=O)[C@H](CS)NC(=O)[C@@H](NC(=O)[C@H](CCCCN)N(C)C(=O)[C@@H](Cc1c[nH]c2ccccc12)NC(=O)[C@H](Cc1ccccc1)NC(=O)[C@H](CS)NC(=O)[C@H](N)Cc1ccccc1)[C@@H](C)O)C(N)=O. The minimum Gasteiger partial charge on any atom is -0.391 e. The number of nitrogens with two attached hydrogens (primary N) is 3. The van der Waals surface area contributed by atoms with E-state index in [1.54, 1.807) is 36.5 Å². The van der Waals surface area contributed by atoms with Gasteiger partial charge in [0.1, 0.15) is 42.3 Å². The highest BCUT2D eigenvalue weighted by molar-refractivity contribution is 7.80. The Hall–Kier alpha value is -6.50. The number of unbranched alkanes of at least 4 members (excludes halogenated alkanes) is 1. The van der Waals surface area contributed by atoms with E-state index >= 15 is 0 Å². The van der Waals surface area contributed by atoms with Crippen molar-refractivity contribution in [2.24, 2.45) is 17.2 Å². The Bertz CT molecular complexity index is 2480. The van der Waals surface area contributed by atoms with E-state index < -0.39 is 108 Å². The molecular formula is C50H69N11O10S2. The fourth-order valence-electron chi connectivity index (χ4n) is 7.93. The van der Waals surface area contributed by atoms with Crippen LogP contribution in [0.15, 0.2) is 91.1 Å². The second kappa shape index (κ2) is 29.3. The van der Waals surface area contributed by atoms with Gasteiger partial charge < -0.3 is 69.2 Å². The highest BCUT2D eigenvalue weighted by atomic mass is 32.1. The van der Waals surface area contributed by atoms with E-state index in [0.717, 1.165) is 21.4 Å². The first-order valence-electron chi connectivity index (χ1n) is 23.8. The Morgan fingerprint density at radius 3 is 1.66 bits per heavy atom. The number of aliphatic hydroxyl groups is 2. The number of amides is 8. The van der Waals surface area contributed by atoms with Crippen LogP contribution in [0.2, 0.25) is 0 Å². The summed E-state index contributed by atoms with van der Waals surface area (Å²) in [4.78, 5) is 114. The number of rotatable bonds is 29. The molecule has 1 aromatic heterocycles. The van der Waals surface area contributed by atoms with Gasteiger partial charge in [0, 0.05) is 48.5 Å². The molecule has 23 heteroatoms. The van der Waals surface area contributed by atoms with Crippen molar-refractivity contribution in [3.63, 3.8) is 0 Å². The molecule has 0 spiro atoms. The fraction of sp³-hybridized carbons (Fsp3) is 0.440. The quantitative estimate of drug-likeness (QED) is 0.0218. The van der Waals surface area contributed by atoms with E-state index in [1.165, 1.54) is 20.9 Å². The maximum Gasteiger partial charge on any atom is 0.245 e. The van der Waals surface area contributed by atoms with Crippen molar-refractivity contribution in [3.05, 3.63) is 108 Å². The minimum atomic E-state index is -1.69. The predicted molar refractivity (Wildman–Crippen MR) is 282 cm³/mol. The maximum atomic E-state index is 15.0. The summed E-state index contributed by atoms with van der Waals surface area (Å²) in [7, 11) is 1.35. The Kier molecular flexibility index (Phi) is 23.7. The lowest BCUT2D eigenvalue weighted by Crippen LogP contribution is -2.62. The van der Waals surface area contributed by atoms with Gasteiger partial charge in [-0.25, -0.2) is 0 Å². The molecule has 396 valence electrons. The van der Waals surface area contributed by atoms with Crippen LogP contribution in [0.25, 0.3) is 10.9 Å². The minimum absolute atomic E-state index is 0.0151. The first kappa shape index (κ1) is 59.1. The zero-order valence-corrected chi connectivity index (χ0v) is 42.8. The van der Waals surface area contributed by atoms with Crippen LogP contribution in [0, 0.1) is 0 Å². The zero-order valence-electron chi connectivity index (χ0n) is 41.0. The molecule has 1 heterocycles. The number of benzene rings is 3. The van der Waals surface area contributed by atoms with Gasteiger partial charge in [0.2, 0.25) is 47.3 Å². The summed E-state index contributed by atoms with van der Waals surface area (Å²) < 4.78 is 0. The number of nitrogens with zero attached hydrogens (tertiary/aromatic N) is 1. The van der Waals surface area contributed by atoms with Crippen molar-refractivity contribution in [3.8, 4) is 0 Å². The summed E-state index contributed by atoms with van der Waals surface area (Å²) in [5, 5.41) is 36.9. The van der Waals surface area contributed by atoms with Gasteiger partial charge in [0.25, 0.3) is 0 Å².